The maximum Gasteiger partial charge on any atom is 0.181 e. The van der Waals surface area contributed by atoms with Gasteiger partial charge in [0.25, 0.3) is 0 Å². The van der Waals surface area contributed by atoms with E-state index in [1.165, 1.54) is 6.92 Å². The molecule has 0 radical (unpaired) electrons. The number of carbonyl (C=O) groups excluding carboxylic acids is 1. The molecule has 0 spiro atoms. The van der Waals surface area contributed by atoms with Crippen LogP contribution in [0.25, 0.3) is 0 Å². The van der Waals surface area contributed by atoms with Gasteiger partial charge in [-0.2, -0.15) is 0 Å². The van der Waals surface area contributed by atoms with Gasteiger partial charge in [0.1, 0.15) is 12.2 Å². The van der Waals surface area contributed by atoms with Gasteiger partial charge in [-0.15, -0.1) is 0 Å². The van der Waals surface area contributed by atoms with Crippen LogP contribution in [0, 0.1) is 17.6 Å². The van der Waals surface area contributed by atoms with E-state index in [1.807, 2.05) is 0 Å². The summed E-state index contributed by atoms with van der Waals surface area (Å²) in [5.41, 5.74) is 0.267. The lowest BCUT2D eigenvalue weighted by atomic mass is 9.87. The van der Waals surface area contributed by atoms with E-state index in [1.54, 1.807) is 0 Å². The van der Waals surface area contributed by atoms with Crippen molar-refractivity contribution in [1.29, 1.82) is 0 Å². The summed E-state index contributed by atoms with van der Waals surface area (Å²) in [6.45, 7) is 0.616. The summed E-state index contributed by atoms with van der Waals surface area (Å²) in [6.07, 6.45) is -6.62. The third-order valence-corrected chi connectivity index (χ3v) is 4.53. The fourth-order valence-corrected chi connectivity index (χ4v) is 2.72. The summed E-state index contributed by atoms with van der Waals surface area (Å²) in [4.78, 5) is 16.1. The SMILES string of the molecule is C[C@@H](C(O)[C@H](O)[C@H](O)CO)[C@H](O)CC1=Nc2cc(F)c(F)cc2CC1=O. The van der Waals surface area contributed by atoms with Crippen LogP contribution in [-0.2, 0) is 11.2 Å². The molecule has 0 saturated carbocycles. The molecule has 0 saturated heterocycles. The molecule has 5 atom stereocenters. The minimum absolute atomic E-state index is 0.0627. The smallest absolute Gasteiger partial charge is 0.181 e. The van der Waals surface area contributed by atoms with Crippen molar-refractivity contribution in [2.45, 2.75) is 44.2 Å². The maximum atomic E-state index is 13.3. The van der Waals surface area contributed by atoms with Crippen molar-refractivity contribution in [3.05, 3.63) is 29.3 Å². The van der Waals surface area contributed by atoms with Crippen LogP contribution in [0.4, 0.5) is 14.5 Å². The highest BCUT2D eigenvalue weighted by Crippen LogP contribution is 2.29. The molecule has 9 heteroatoms. The predicted octanol–water partition coefficient (Wildman–Crippen LogP) is -0.375. The number of nitrogens with zero attached hydrogens (tertiary/aromatic N) is 1. The summed E-state index contributed by atoms with van der Waals surface area (Å²) >= 11 is 0. The molecule has 0 bridgehead atoms. The summed E-state index contributed by atoms with van der Waals surface area (Å²) < 4.78 is 26.6. The van der Waals surface area contributed by atoms with Crippen molar-refractivity contribution in [2.75, 3.05) is 6.61 Å². The Morgan fingerprint density at radius 3 is 2.31 bits per heavy atom. The molecule has 1 aromatic rings. The van der Waals surface area contributed by atoms with Crippen LogP contribution in [0.15, 0.2) is 17.1 Å². The highest BCUT2D eigenvalue weighted by atomic mass is 19.2. The van der Waals surface area contributed by atoms with Gasteiger partial charge < -0.3 is 25.5 Å². The second kappa shape index (κ2) is 8.28. The van der Waals surface area contributed by atoms with Crippen LogP contribution in [0.3, 0.4) is 0 Å². The first-order valence-electron chi connectivity index (χ1n) is 8.07. The molecule has 2 rings (SSSR count). The fourth-order valence-electron chi connectivity index (χ4n) is 2.72. The molecule has 1 heterocycles. The predicted molar refractivity (Wildman–Crippen MR) is 87.1 cm³/mol. The normalized spacial score (nSPS) is 20.0. The molecule has 1 unspecified atom stereocenters. The Balaban J connectivity index is 2.14. The third kappa shape index (κ3) is 4.30. The highest BCUT2D eigenvalue weighted by molar-refractivity contribution is 6.41. The molecule has 1 aliphatic heterocycles. The fraction of sp³-hybridized carbons (Fsp3) is 0.529. The molecular weight excluding hydrogens is 352 g/mol. The van der Waals surface area contributed by atoms with Crippen molar-refractivity contribution in [3.8, 4) is 0 Å². The number of hydrogen-bond donors (Lipinski definition) is 5. The zero-order chi connectivity index (χ0) is 19.6. The molecular formula is C17H21F2NO6. The van der Waals surface area contributed by atoms with Crippen LogP contribution in [0.2, 0.25) is 0 Å². The molecule has 1 aliphatic rings. The summed E-state index contributed by atoms with van der Waals surface area (Å²) in [6, 6.07) is 1.77. The van der Waals surface area contributed by atoms with E-state index in [0.29, 0.717) is 0 Å². The van der Waals surface area contributed by atoms with Crippen molar-refractivity contribution in [1.82, 2.24) is 0 Å². The number of benzene rings is 1. The van der Waals surface area contributed by atoms with Gasteiger partial charge in [0.05, 0.1) is 30.2 Å². The van der Waals surface area contributed by atoms with Crippen LogP contribution < -0.4 is 0 Å². The zero-order valence-electron chi connectivity index (χ0n) is 14.0. The van der Waals surface area contributed by atoms with Gasteiger partial charge in [0.15, 0.2) is 17.4 Å². The first-order valence-corrected chi connectivity index (χ1v) is 8.07. The lowest BCUT2D eigenvalue weighted by Crippen LogP contribution is -2.46. The highest BCUT2D eigenvalue weighted by Gasteiger charge is 2.34. The topological polar surface area (TPSA) is 131 Å². The van der Waals surface area contributed by atoms with Crippen molar-refractivity contribution in [2.24, 2.45) is 10.9 Å². The Bertz CT molecular complexity index is 711. The molecule has 26 heavy (non-hydrogen) atoms. The van der Waals surface area contributed by atoms with Crippen molar-refractivity contribution in [3.63, 3.8) is 0 Å². The zero-order valence-corrected chi connectivity index (χ0v) is 14.0. The van der Waals surface area contributed by atoms with Crippen LogP contribution in [-0.4, -0.2) is 68.1 Å². The first kappa shape index (κ1) is 20.5. The van der Waals surface area contributed by atoms with E-state index >= 15 is 0 Å². The Labute approximate surface area is 148 Å². The molecule has 0 aliphatic carbocycles. The third-order valence-electron chi connectivity index (χ3n) is 4.53. The van der Waals surface area contributed by atoms with Crippen LogP contribution in [0.1, 0.15) is 18.9 Å². The Hall–Kier alpha value is -1.78. The molecule has 0 aromatic heterocycles. The number of aliphatic hydroxyl groups is 5. The molecule has 7 nitrogen and oxygen atoms in total. The Morgan fingerprint density at radius 2 is 1.69 bits per heavy atom. The monoisotopic (exact) mass is 373 g/mol. The second-order valence-corrected chi connectivity index (χ2v) is 6.42. The molecule has 0 amide bonds. The number of aliphatic imine (C=N–C) groups is 1. The van der Waals surface area contributed by atoms with E-state index in [9.17, 15) is 34.0 Å². The summed E-state index contributed by atoms with van der Waals surface area (Å²) in [5.74, 6) is -3.62. The number of carbonyl (C=O) groups is 1. The van der Waals surface area contributed by atoms with E-state index < -0.39 is 54.4 Å². The lowest BCUT2D eigenvalue weighted by molar-refractivity contribution is -0.114. The van der Waals surface area contributed by atoms with Crippen molar-refractivity contribution < 1.29 is 39.1 Å². The van der Waals surface area contributed by atoms with Crippen LogP contribution in [0.5, 0.6) is 0 Å². The lowest BCUT2D eigenvalue weighted by Gasteiger charge is -2.30. The molecule has 0 fully saturated rings. The number of halogens is 2. The number of rotatable bonds is 7. The van der Waals surface area contributed by atoms with Gasteiger partial charge >= 0.3 is 0 Å². The molecule has 144 valence electrons. The van der Waals surface area contributed by atoms with Gasteiger partial charge in [0, 0.05) is 24.8 Å². The first-order chi connectivity index (χ1) is 12.1. The largest absolute Gasteiger partial charge is 0.394 e. The minimum Gasteiger partial charge on any atom is -0.394 e. The maximum absolute atomic E-state index is 13.3. The van der Waals surface area contributed by atoms with E-state index in [0.717, 1.165) is 12.1 Å². The Morgan fingerprint density at radius 1 is 1.08 bits per heavy atom. The number of fused-ring (bicyclic) bond motifs is 1. The second-order valence-electron chi connectivity index (χ2n) is 6.42. The summed E-state index contributed by atoms with van der Waals surface area (Å²) in [5, 5.41) is 48.1. The van der Waals surface area contributed by atoms with Gasteiger partial charge in [-0.1, -0.05) is 6.92 Å². The summed E-state index contributed by atoms with van der Waals surface area (Å²) in [7, 11) is 0. The van der Waals surface area contributed by atoms with Crippen molar-refractivity contribution >= 4 is 17.2 Å². The number of hydrogen-bond acceptors (Lipinski definition) is 7. The van der Waals surface area contributed by atoms with E-state index in [2.05, 4.69) is 4.99 Å². The number of Topliss-reactive ketones (excluding diaryl/α,β-unsaturated/α-hetero) is 1. The molecule has 1 aromatic carbocycles. The quantitative estimate of drug-likeness (QED) is 0.443. The number of aliphatic hydroxyl groups excluding tert-OH is 5. The Kier molecular flexibility index (Phi) is 6.53. The average molecular weight is 373 g/mol. The van der Waals surface area contributed by atoms with Crippen LogP contribution >= 0.6 is 0 Å². The van der Waals surface area contributed by atoms with Gasteiger partial charge in [-0.05, 0) is 11.6 Å². The molecule has 5 N–H and O–H groups in total. The van der Waals surface area contributed by atoms with Gasteiger partial charge in [0.2, 0.25) is 0 Å². The number of ketones is 1. The van der Waals surface area contributed by atoms with Gasteiger partial charge in [-0.3, -0.25) is 4.79 Å². The van der Waals surface area contributed by atoms with E-state index in [4.69, 9.17) is 5.11 Å². The standard InChI is InChI=1S/C17H21F2NO6/c1-7(16(25)17(26)15(24)6-21)13(22)5-12-14(23)3-8-2-9(18)10(19)4-11(8)20-12/h2,4,7,13,15-17,21-22,24-26H,3,5-6H2,1H3/t7-,13-,15-,16?,17-/m1/s1. The minimum atomic E-state index is -1.69. The van der Waals surface area contributed by atoms with Gasteiger partial charge in [-0.25, -0.2) is 13.8 Å². The average Bonchev–Trinajstić information content (AvgIpc) is 2.61. The van der Waals surface area contributed by atoms with E-state index in [-0.39, 0.29) is 29.8 Å².